The van der Waals surface area contributed by atoms with Crippen molar-refractivity contribution >= 4 is 17.5 Å². The zero-order chi connectivity index (χ0) is 14.5. The number of hydrogen-bond acceptors (Lipinski definition) is 6. The lowest BCUT2D eigenvalue weighted by Crippen LogP contribution is -2.68. The van der Waals surface area contributed by atoms with Gasteiger partial charge in [0.2, 0.25) is 0 Å². The van der Waals surface area contributed by atoms with E-state index in [0.717, 1.165) is 10.7 Å². The molecule has 19 heavy (non-hydrogen) atoms. The van der Waals surface area contributed by atoms with Gasteiger partial charge in [0, 0.05) is 23.1 Å². The largest absolute Gasteiger partial charge is 0.457 e. The average molecular weight is 306 g/mol. The van der Waals surface area contributed by atoms with Gasteiger partial charge in [0.15, 0.2) is 10.8 Å². The third-order valence-electron chi connectivity index (χ3n) is 2.03. The topological polar surface area (TPSA) is 104 Å². The minimum absolute atomic E-state index is 0.954. The number of ether oxygens (including phenoxy) is 1. The molecule has 0 saturated heterocycles. The Morgan fingerprint density at radius 1 is 1.05 bits per heavy atom. The second-order valence-electron chi connectivity index (χ2n) is 3.61. The molecule has 0 amide bonds. The van der Waals surface area contributed by atoms with Crippen LogP contribution in [0.15, 0.2) is 46.6 Å². The minimum Gasteiger partial charge on any atom is -0.457 e. The first-order valence-corrected chi connectivity index (χ1v) is 7.13. The van der Waals surface area contributed by atoms with Crippen molar-refractivity contribution in [3.05, 3.63) is 46.6 Å². The van der Waals surface area contributed by atoms with E-state index in [1.54, 1.807) is 18.0 Å². The highest BCUT2D eigenvalue weighted by molar-refractivity contribution is 8.05. The molecule has 0 fully saturated rings. The SMILES string of the molecule is C[N+](C)=C1C=CC(=C2OC=CS2)C=C1.[O-][Cl+3]([O-])([O-])[O-]. The van der Waals surface area contributed by atoms with Gasteiger partial charge in [-0.15, -0.1) is 10.2 Å². The standard InChI is InChI=1S/C11H12NOS.ClHO4/c1-12(2)10-5-3-9(4-6-10)11-13-7-8-14-11;2-1(3,4)5/h3-8H,1-2H3;(H,2,3,4,5)/q+1;/p-1. The van der Waals surface area contributed by atoms with Crippen molar-refractivity contribution in [2.24, 2.45) is 0 Å². The van der Waals surface area contributed by atoms with Crippen LogP contribution in [0, 0.1) is 10.2 Å². The lowest BCUT2D eigenvalue weighted by Gasteiger charge is -2.17. The summed E-state index contributed by atoms with van der Waals surface area (Å²) in [6.45, 7) is 0. The van der Waals surface area contributed by atoms with Crippen LogP contribution in [0.3, 0.4) is 0 Å². The molecule has 1 aliphatic carbocycles. The summed E-state index contributed by atoms with van der Waals surface area (Å²) in [5, 5.41) is 2.89. The molecule has 8 heteroatoms. The molecule has 1 heterocycles. The van der Waals surface area contributed by atoms with Crippen LogP contribution in [0.4, 0.5) is 0 Å². The van der Waals surface area contributed by atoms with Gasteiger partial charge >= 0.3 is 0 Å². The Morgan fingerprint density at radius 3 is 1.95 bits per heavy atom. The van der Waals surface area contributed by atoms with E-state index in [1.165, 1.54) is 5.71 Å². The molecule has 6 nitrogen and oxygen atoms in total. The Labute approximate surface area is 117 Å². The first-order chi connectivity index (χ1) is 8.77. The van der Waals surface area contributed by atoms with E-state index in [0.29, 0.717) is 0 Å². The van der Waals surface area contributed by atoms with Crippen molar-refractivity contribution in [1.82, 2.24) is 0 Å². The molecule has 104 valence electrons. The van der Waals surface area contributed by atoms with Crippen molar-refractivity contribution in [2.75, 3.05) is 14.1 Å². The number of rotatable bonds is 0. The molecule has 2 aliphatic rings. The summed E-state index contributed by atoms with van der Waals surface area (Å²) in [6.07, 6.45) is 10.0. The van der Waals surface area contributed by atoms with Crippen molar-refractivity contribution in [1.29, 1.82) is 0 Å². The van der Waals surface area contributed by atoms with E-state index < -0.39 is 10.2 Å². The van der Waals surface area contributed by atoms with Crippen LogP contribution in [0.2, 0.25) is 0 Å². The maximum atomic E-state index is 8.49. The maximum Gasteiger partial charge on any atom is 0.199 e. The van der Waals surface area contributed by atoms with Crippen LogP contribution < -0.4 is 18.6 Å². The highest BCUT2D eigenvalue weighted by Crippen LogP contribution is 2.30. The lowest BCUT2D eigenvalue weighted by atomic mass is 10.1. The summed E-state index contributed by atoms with van der Waals surface area (Å²) in [7, 11) is -0.880. The third-order valence-corrected chi connectivity index (χ3v) is 2.82. The molecule has 0 aromatic rings. The number of allylic oxidation sites excluding steroid dienone is 5. The molecule has 0 radical (unpaired) electrons. The van der Waals surface area contributed by atoms with E-state index in [2.05, 4.69) is 28.9 Å². The molecule has 1 aliphatic heterocycles. The van der Waals surface area contributed by atoms with Gasteiger partial charge in [0.1, 0.15) is 14.1 Å². The van der Waals surface area contributed by atoms with E-state index in [9.17, 15) is 0 Å². The van der Waals surface area contributed by atoms with Crippen LogP contribution >= 0.6 is 11.8 Å². The Kier molecular flexibility index (Phi) is 5.80. The summed E-state index contributed by atoms with van der Waals surface area (Å²) < 4.78 is 41.4. The quantitative estimate of drug-likeness (QED) is 0.459. The predicted molar refractivity (Wildman–Crippen MR) is 60.2 cm³/mol. The highest BCUT2D eigenvalue weighted by atomic mass is 35.7. The third kappa shape index (κ3) is 6.58. The van der Waals surface area contributed by atoms with Crippen LogP contribution in [-0.4, -0.2) is 24.4 Å². The monoisotopic (exact) mass is 305 g/mol. The van der Waals surface area contributed by atoms with Gasteiger partial charge in [-0.2, -0.15) is 0 Å². The van der Waals surface area contributed by atoms with Gasteiger partial charge in [-0.25, -0.2) is 23.2 Å². The Morgan fingerprint density at radius 2 is 1.58 bits per heavy atom. The molecular weight excluding hydrogens is 294 g/mol. The van der Waals surface area contributed by atoms with E-state index in [-0.39, 0.29) is 0 Å². The maximum absolute atomic E-state index is 8.49. The van der Waals surface area contributed by atoms with Gasteiger partial charge < -0.3 is 4.74 Å². The van der Waals surface area contributed by atoms with Crippen molar-refractivity contribution in [2.45, 2.75) is 0 Å². The van der Waals surface area contributed by atoms with E-state index in [4.69, 9.17) is 23.4 Å². The van der Waals surface area contributed by atoms with Gasteiger partial charge in [-0.3, -0.25) is 0 Å². The molecule has 0 saturated carbocycles. The summed E-state index contributed by atoms with van der Waals surface area (Å²) >= 11 is 1.61. The predicted octanol–water partition coefficient (Wildman–Crippen LogP) is -2.48. The Bertz CT molecular complexity index is 450. The smallest absolute Gasteiger partial charge is 0.199 e. The Hall–Kier alpha value is -1.09. The van der Waals surface area contributed by atoms with Gasteiger partial charge in [-0.05, 0) is 12.2 Å². The minimum atomic E-state index is -4.94. The molecule has 2 rings (SSSR count). The summed E-state index contributed by atoms with van der Waals surface area (Å²) in [6, 6.07) is 0. The summed E-state index contributed by atoms with van der Waals surface area (Å²) in [4.78, 5) is 0. The molecule has 0 bridgehead atoms. The van der Waals surface area contributed by atoms with Crippen LogP contribution in [-0.2, 0) is 4.74 Å². The molecule has 0 atom stereocenters. The second kappa shape index (κ2) is 6.90. The molecule has 0 unspecified atom stereocenters. The average Bonchev–Trinajstić information content (AvgIpc) is 2.80. The molecule has 0 aromatic carbocycles. The zero-order valence-electron chi connectivity index (χ0n) is 10.2. The number of hydrogen-bond donors (Lipinski definition) is 0. The Balaban J connectivity index is 0.000000312. The molecular formula is C11H12ClNO5S. The summed E-state index contributed by atoms with van der Waals surface area (Å²) in [5.74, 6) is 0. The van der Waals surface area contributed by atoms with Gasteiger partial charge in [0.25, 0.3) is 0 Å². The van der Waals surface area contributed by atoms with Crippen LogP contribution in [0.25, 0.3) is 0 Å². The summed E-state index contributed by atoms with van der Waals surface area (Å²) in [5.41, 5.74) is 2.33. The lowest BCUT2D eigenvalue weighted by molar-refractivity contribution is -2.00. The van der Waals surface area contributed by atoms with Gasteiger partial charge in [-0.1, -0.05) is 11.8 Å². The first kappa shape index (κ1) is 16.0. The van der Waals surface area contributed by atoms with Crippen molar-refractivity contribution in [3.8, 4) is 0 Å². The number of nitrogens with zero attached hydrogens (tertiary/aromatic N) is 1. The number of halogens is 1. The fourth-order valence-corrected chi connectivity index (χ4v) is 1.86. The van der Waals surface area contributed by atoms with E-state index in [1.807, 2.05) is 19.5 Å². The van der Waals surface area contributed by atoms with Crippen LogP contribution in [0.1, 0.15) is 0 Å². The van der Waals surface area contributed by atoms with Crippen LogP contribution in [0.5, 0.6) is 0 Å². The fraction of sp³-hybridized carbons (Fsp3) is 0.182. The van der Waals surface area contributed by atoms with E-state index >= 15 is 0 Å². The van der Waals surface area contributed by atoms with Crippen molar-refractivity contribution < 1.29 is 38.2 Å². The molecule has 0 spiro atoms. The zero-order valence-corrected chi connectivity index (χ0v) is 11.8. The van der Waals surface area contributed by atoms with Crippen molar-refractivity contribution in [3.63, 3.8) is 0 Å². The van der Waals surface area contributed by atoms with Gasteiger partial charge in [0.05, 0.1) is 6.26 Å². The highest BCUT2D eigenvalue weighted by Gasteiger charge is 2.11. The first-order valence-electron chi connectivity index (χ1n) is 5.02. The molecule has 0 N–H and O–H groups in total. The fourth-order valence-electron chi connectivity index (χ4n) is 1.24. The molecule has 0 aromatic heterocycles. The number of thioether (sulfide) groups is 1. The second-order valence-corrected chi connectivity index (χ2v) is 5.25. The normalized spacial score (nSPS) is 17.3.